The van der Waals surface area contributed by atoms with Crippen molar-refractivity contribution >= 4 is 28.4 Å². The van der Waals surface area contributed by atoms with Gasteiger partial charge in [-0.3, -0.25) is 18.7 Å². The van der Waals surface area contributed by atoms with Gasteiger partial charge in [0.05, 0.1) is 0 Å². The van der Waals surface area contributed by atoms with Crippen molar-refractivity contribution in [1.82, 2.24) is 24.4 Å². The molecule has 0 atom stereocenters. The van der Waals surface area contributed by atoms with E-state index in [9.17, 15) is 14.4 Å². The van der Waals surface area contributed by atoms with E-state index in [4.69, 9.17) is 0 Å². The number of aromatic nitrogens is 4. The maximum absolute atomic E-state index is 12.1. The van der Waals surface area contributed by atoms with Gasteiger partial charge in [-0.2, -0.15) is 0 Å². The topological polar surface area (TPSA) is 102 Å². The van der Waals surface area contributed by atoms with Crippen molar-refractivity contribution < 1.29 is 4.79 Å². The summed E-state index contributed by atoms with van der Waals surface area (Å²) in [5, 5.41) is 4.84. The molecule has 0 aliphatic carbocycles. The predicted molar refractivity (Wildman–Crippen MR) is 95.9 cm³/mol. The molecule has 3 aromatic rings. The van der Waals surface area contributed by atoms with Gasteiger partial charge in [0.2, 0.25) is 5.91 Å². The molecule has 3 rings (SSSR count). The molecule has 8 nitrogen and oxygen atoms in total. The van der Waals surface area contributed by atoms with E-state index in [2.05, 4.69) is 15.3 Å². The number of hydrogen-bond donors (Lipinski definition) is 2. The Balaban J connectivity index is 1.61. The number of carbonyl (C=O) groups is 1. The monoisotopic (exact) mass is 361 g/mol. The average Bonchev–Trinajstić information content (AvgIpc) is 3.26. The Kier molecular flexibility index (Phi) is 4.84. The molecule has 0 aromatic carbocycles. The Hall–Kier alpha value is -2.68. The quantitative estimate of drug-likeness (QED) is 0.660. The molecule has 0 radical (unpaired) electrons. The lowest BCUT2D eigenvalue weighted by molar-refractivity contribution is -0.121. The zero-order chi connectivity index (χ0) is 18.0. The van der Waals surface area contributed by atoms with Crippen molar-refractivity contribution in [2.24, 2.45) is 14.1 Å². The van der Waals surface area contributed by atoms with Crippen LogP contribution in [0.4, 0.5) is 0 Å². The summed E-state index contributed by atoms with van der Waals surface area (Å²) in [6.07, 6.45) is 1.62. The Morgan fingerprint density at radius 3 is 2.80 bits per heavy atom. The van der Waals surface area contributed by atoms with Crippen LogP contribution in [-0.4, -0.2) is 31.6 Å². The molecule has 9 heteroatoms. The minimum Gasteiger partial charge on any atom is -0.356 e. The highest BCUT2D eigenvalue weighted by atomic mass is 32.1. The third-order valence-corrected chi connectivity index (χ3v) is 4.94. The van der Waals surface area contributed by atoms with Gasteiger partial charge in [0.15, 0.2) is 5.65 Å². The minimum absolute atomic E-state index is 0.0205. The second-order valence-electron chi connectivity index (χ2n) is 5.77. The molecule has 0 unspecified atom stereocenters. The van der Waals surface area contributed by atoms with Crippen LogP contribution in [0, 0.1) is 0 Å². The van der Waals surface area contributed by atoms with Gasteiger partial charge in [-0.1, -0.05) is 6.07 Å². The van der Waals surface area contributed by atoms with Crippen LogP contribution in [0.25, 0.3) is 11.2 Å². The molecule has 0 fully saturated rings. The van der Waals surface area contributed by atoms with Crippen LogP contribution in [0.15, 0.2) is 27.1 Å². The molecule has 0 aliphatic heterocycles. The van der Waals surface area contributed by atoms with E-state index < -0.39 is 11.2 Å². The number of carbonyl (C=O) groups excluding carboxylic acids is 1. The minimum atomic E-state index is -0.419. The third-order valence-electron chi connectivity index (χ3n) is 4.01. The van der Waals surface area contributed by atoms with Gasteiger partial charge in [-0.05, 0) is 17.9 Å². The lowest BCUT2D eigenvalue weighted by Crippen LogP contribution is -2.36. The summed E-state index contributed by atoms with van der Waals surface area (Å²) in [5.41, 5.74) is -0.204. The normalized spacial score (nSPS) is 11.1. The zero-order valence-corrected chi connectivity index (χ0v) is 14.9. The second-order valence-corrected chi connectivity index (χ2v) is 6.80. The first-order valence-corrected chi connectivity index (χ1v) is 8.79. The van der Waals surface area contributed by atoms with Crippen LogP contribution in [0.2, 0.25) is 0 Å². The maximum Gasteiger partial charge on any atom is 0.332 e. The summed E-state index contributed by atoms with van der Waals surface area (Å²) in [5.74, 6) is 0.541. The second kappa shape index (κ2) is 7.06. The maximum atomic E-state index is 12.1. The van der Waals surface area contributed by atoms with Gasteiger partial charge in [-0.25, -0.2) is 9.78 Å². The van der Waals surface area contributed by atoms with E-state index in [0.29, 0.717) is 36.4 Å². The number of imidazole rings is 1. The fourth-order valence-electron chi connectivity index (χ4n) is 2.59. The van der Waals surface area contributed by atoms with Gasteiger partial charge in [0.1, 0.15) is 11.3 Å². The molecule has 0 bridgehead atoms. The number of H-pyrrole nitrogens is 1. The molecule has 0 spiro atoms. The van der Waals surface area contributed by atoms with E-state index >= 15 is 0 Å². The summed E-state index contributed by atoms with van der Waals surface area (Å²) in [6, 6.07) is 3.98. The lowest BCUT2D eigenvalue weighted by Gasteiger charge is -2.03. The number of aromatic amines is 1. The van der Waals surface area contributed by atoms with Crippen LogP contribution >= 0.6 is 11.3 Å². The average molecular weight is 361 g/mol. The van der Waals surface area contributed by atoms with E-state index in [1.807, 2.05) is 17.5 Å². The first kappa shape index (κ1) is 17.2. The fourth-order valence-corrected chi connectivity index (χ4v) is 3.30. The molecule has 3 heterocycles. The predicted octanol–water partition coefficient (Wildman–Crippen LogP) is 0.313. The largest absolute Gasteiger partial charge is 0.356 e. The molecule has 2 N–H and O–H groups in total. The van der Waals surface area contributed by atoms with Crippen LogP contribution < -0.4 is 16.6 Å². The number of aryl methyl sites for hydroxylation is 2. The van der Waals surface area contributed by atoms with Crippen molar-refractivity contribution in [2.75, 3.05) is 6.54 Å². The van der Waals surface area contributed by atoms with E-state index in [0.717, 1.165) is 11.0 Å². The summed E-state index contributed by atoms with van der Waals surface area (Å²) in [6.45, 7) is 0.414. The van der Waals surface area contributed by atoms with Crippen LogP contribution in [0.5, 0.6) is 0 Å². The van der Waals surface area contributed by atoms with Crippen LogP contribution in [-0.2, 0) is 31.7 Å². The molecule has 3 aromatic heterocycles. The lowest BCUT2D eigenvalue weighted by atomic mass is 10.2. The summed E-state index contributed by atoms with van der Waals surface area (Å²) in [4.78, 5) is 44.3. The van der Waals surface area contributed by atoms with Crippen molar-refractivity contribution in [3.63, 3.8) is 0 Å². The van der Waals surface area contributed by atoms with Crippen molar-refractivity contribution in [2.45, 2.75) is 19.3 Å². The fraction of sp³-hybridized carbons (Fsp3) is 0.375. The van der Waals surface area contributed by atoms with Crippen LogP contribution in [0.3, 0.4) is 0 Å². The number of rotatable bonds is 6. The Morgan fingerprint density at radius 1 is 1.28 bits per heavy atom. The van der Waals surface area contributed by atoms with Gasteiger partial charge in [0.25, 0.3) is 5.56 Å². The number of fused-ring (bicyclic) bond motifs is 1. The van der Waals surface area contributed by atoms with Crippen molar-refractivity contribution in [3.8, 4) is 0 Å². The molecule has 1 amide bonds. The molecule has 25 heavy (non-hydrogen) atoms. The highest BCUT2D eigenvalue weighted by Gasteiger charge is 2.13. The van der Waals surface area contributed by atoms with Gasteiger partial charge in [-0.15, -0.1) is 11.3 Å². The number of nitrogens with zero attached hydrogens (tertiary/aromatic N) is 3. The Labute approximate surface area is 147 Å². The van der Waals surface area contributed by atoms with Gasteiger partial charge in [0, 0.05) is 38.4 Å². The molecule has 132 valence electrons. The molecule has 0 aliphatic rings. The summed E-state index contributed by atoms with van der Waals surface area (Å²) < 4.78 is 2.37. The number of nitrogens with one attached hydrogen (secondary N) is 2. The zero-order valence-electron chi connectivity index (χ0n) is 14.0. The Bertz CT molecular complexity index is 1010. The third kappa shape index (κ3) is 3.55. The van der Waals surface area contributed by atoms with Crippen LogP contribution in [0.1, 0.15) is 17.1 Å². The molecule has 0 saturated heterocycles. The first-order chi connectivity index (χ1) is 12.0. The standard InChI is InChI=1S/C16H19N5O3S/c1-20-14-13(15(23)21(2)16(20)24)18-11(19-14)7-8-17-12(22)6-5-10-4-3-9-25-10/h3-4,9H,5-8H2,1-2H3,(H,17,22)(H,18,19). The molecule has 0 saturated carbocycles. The number of thiophene rings is 1. The van der Waals surface area contributed by atoms with Crippen molar-refractivity contribution in [1.29, 1.82) is 0 Å². The number of amides is 1. The smallest absolute Gasteiger partial charge is 0.332 e. The molecular formula is C16H19N5O3S. The highest BCUT2D eigenvalue weighted by Crippen LogP contribution is 2.10. The highest BCUT2D eigenvalue weighted by molar-refractivity contribution is 7.09. The van der Waals surface area contributed by atoms with Gasteiger partial charge < -0.3 is 10.3 Å². The first-order valence-electron chi connectivity index (χ1n) is 7.91. The van der Waals surface area contributed by atoms with E-state index in [-0.39, 0.29) is 5.91 Å². The van der Waals surface area contributed by atoms with E-state index in [1.165, 1.54) is 16.5 Å². The summed E-state index contributed by atoms with van der Waals surface area (Å²) in [7, 11) is 3.00. The van der Waals surface area contributed by atoms with Gasteiger partial charge >= 0.3 is 5.69 Å². The SMILES string of the molecule is Cn1c(=O)c2[nH]c(CCNC(=O)CCc3cccs3)nc2n(C)c1=O. The van der Waals surface area contributed by atoms with Crippen molar-refractivity contribution in [3.05, 3.63) is 49.1 Å². The van der Waals surface area contributed by atoms with E-state index in [1.54, 1.807) is 18.4 Å². The number of hydrogen-bond acceptors (Lipinski definition) is 5. The summed E-state index contributed by atoms with van der Waals surface area (Å²) >= 11 is 1.64. The molecular weight excluding hydrogens is 342 g/mol. The Morgan fingerprint density at radius 2 is 2.08 bits per heavy atom.